The van der Waals surface area contributed by atoms with E-state index in [0.717, 1.165) is 23.8 Å². The molecule has 2 nitrogen and oxygen atoms in total. The molecule has 0 saturated heterocycles. The smallest absolute Gasteiger partial charge is 0.0108 e. The van der Waals surface area contributed by atoms with Crippen molar-refractivity contribution in [2.75, 3.05) is 26.2 Å². The van der Waals surface area contributed by atoms with Gasteiger partial charge in [-0.2, -0.15) is 0 Å². The predicted molar refractivity (Wildman–Crippen MR) is 85.5 cm³/mol. The highest BCUT2D eigenvalue weighted by Crippen LogP contribution is 2.34. The van der Waals surface area contributed by atoms with Crippen LogP contribution in [0.25, 0.3) is 0 Å². The normalized spacial score (nSPS) is 28.3. The number of nitrogens with zero attached hydrogens (tertiary/aromatic N) is 1. The van der Waals surface area contributed by atoms with Crippen molar-refractivity contribution in [2.45, 2.75) is 66.3 Å². The van der Waals surface area contributed by atoms with Gasteiger partial charge in [-0.05, 0) is 63.1 Å². The maximum atomic E-state index is 3.81. The van der Waals surface area contributed by atoms with Gasteiger partial charge in [-0.25, -0.2) is 0 Å². The zero-order valence-electron chi connectivity index (χ0n) is 13.9. The fourth-order valence-corrected chi connectivity index (χ4v) is 3.52. The van der Waals surface area contributed by atoms with Crippen molar-refractivity contribution in [1.82, 2.24) is 10.2 Å². The van der Waals surface area contributed by atoms with E-state index in [9.17, 15) is 0 Å². The lowest BCUT2D eigenvalue weighted by atomic mass is 9.73. The van der Waals surface area contributed by atoms with E-state index in [1.54, 1.807) is 0 Å². The van der Waals surface area contributed by atoms with Gasteiger partial charge < -0.3 is 10.2 Å². The van der Waals surface area contributed by atoms with Crippen LogP contribution in [0.2, 0.25) is 0 Å². The zero-order chi connectivity index (χ0) is 14.3. The van der Waals surface area contributed by atoms with Crippen molar-refractivity contribution >= 4 is 0 Å². The average Bonchev–Trinajstić information content (AvgIpc) is 2.42. The molecule has 114 valence electrons. The van der Waals surface area contributed by atoms with Gasteiger partial charge in [0.1, 0.15) is 0 Å². The molecule has 3 unspecified atom stereocenters. The molecule has 0 amide bonds. The molecular formula is C17H36N2. The van der Waals surface area contributed by atoms with Crippen LogP contribution in [-0.4, -0.2) is 37.1 Å². The van der Waals surface area contributed by atoms with Crippen LogP contribution in [0.4, 0.5) is 0 Å². The summed E-state index contributed by atoms with van der Waals surface area (Å²) in [5, 5.41) is 3.81. The average molecular weight is 268 g/mol. The second-order valence-corrected chi connectivity index (χ2v) is 6.62. The Morgan fingerprint density at radius 3 is 2.32 bits per heavy atom. The fourth-order valence-electron chi connectivity index (χ4n) is 3.52. The van der Waals surface area contributed by atoms with E-state index >= 15 is 0 Å². The van der Waals surface area contributed by atoms with Crippen molar-refractivity contribution in [3.63, 3.8) is 0 Å². The number of nitrogens with one attached hydrogen (secondary N) is 1. The van der Waals surface area contributed by atoms with Crippen LogP contribution in [0, 0.1) is 17.8 Å². The highest BCUT2D eigenvalue weighted by molar-refractivity contribution is 4.87. The molecule has 1 aliphatic rings. The van der Waals surface area contributed by atoms with E-state index in [-0.39, 0.29) is 0 Å². The van der Waals surface area contributed by atoms with E-state index in [4.69, 9.17) is 0 Å². The summed E-state index contributed by atoms with van der Waals surface area (Å²) in [7, 11) is 0. The Kier molecular flexibility index (Phi) is 8.01. The van der Waals surface area contributed by atoms with Crippen LogP contribution < -0.4 is 5.32 Å². The van der Waals surface area contributed by atoms with Gasteiger partial charge in [-0.3, -0.25) is 0 Å². The molecule has 1 N–H and O–H groups in total. The standard InChI is InChI=1S/C17H36N2/c1-6-11-18-17-10-9-15(14(4)5)12-16(17)13-19(7-2)8-3/h14-18H,6-13H2,1-5H3. The largest absolute Gasteiger partial charge is 0.314 e. The van der Waals surface area contributed by atoms with Crippen LogP contribution in [0.15, 0.2) is 0 Å². The van der Waals surface area contributed by atoms with E-state index in [1.165, 1.54) is 51.9 Å². The van der Waals surface area contributed by atoms with Gasteiger partial charge in [-0.15, -0.1) is 0 Å². The summed E-state index contributed by atoms with van der Waals surface area (Å²) in [6.45, 7) is 16.5. The van der Waals surface area contributed by atoms with E-state index in [0.29, 0.717) is 0 Å². The van der Waals surface area contributed by atoms with Gasteiger partial charge >= 0.3 is 0 Å². The first-order valence-electron chi connectivity index (χ1n) is 8.57. The molecule has 1 rings (SSSR count). The summed E-state index contributed by atoms with van der Waals surface area (Å²) in [4.78, 5) is 2.61. The van der Waals surface area contributed by atoms with Crippen LogP contribution in [0.3, 0.4) is 0 Å². The molecule has 0 bridgehead atoms. The van der Waals surface area contributed by atoms with Gasteiger partial charge in [0.05, 0.1) is 0 Å². The Balaban J connectivity index is 2.59. The SMILES string of the molecule is CCCNC1CCC(C(C)C)CC1CN(CC)CC. The molecule has 2 heteroatoms. The molecule has 0 aliphatic heterocycles. The Labute approximate surface area is 121 Å². The first-order chi connectivity index (χ1) is 9.12. The van der Waals surface area contributed by atoms with E-state index < -0.39 is 0 Å². The van der Waals surface area contributed by atoms with Gasteiger partial charge in [0.15, 0.2) is 0 Å². The Hall–Kier alpha value is -0.0800. The summed E-state index contributed by atoms with van der Waals surface area (Å²) in [5.74, 6) is 2.65. The van der Waals surface area contributed by atoms with Gasteiger partial charge in [0, 0.05) is 12.6 Å². The molecule has 3 atom stereocenters. The lowest BCUT2D eigenvalue weighted by molar-refractivity contribution is 0.126. The molecule has 0 aromatic rings. The Morgan fingerprint density at radius 2 is 1.79 bits per heavy atom. The molecule has 0 radical (unpaired) electrons. The zero-order valence-corrected chi connectivity index (χ0v) is 13.9. The molecule has 1 aliphatic carbocycles. The third-order valence-corrected chi connectivity index (χ3v) is 5.01. The highest BCUT2D eigenvalue weighted by Gasteiger charge is 2.32. The third kappa shape index (κ3) is 5.43. The topological polar surface area (TPSA) is 15.3 Å². The van der Waals surface area contributed by atoms with Crippen molar-refractivity contribution in [2.24, 2.45) is 17.8 Å². The quantitative estimate of drug-likeness (QED) is 0.721. The molecule has 0 aromatic carbocycles. The maximum absolute atomic E-state index is 3.81. The van der Waals surface area contributed by atoms with E-state index in [1.807, 2.05) is 0 Å². The summed E-state index contributed by atoms with van der Waals surface area (Å²) >= 11 is 0. The lowest BCUT2D eigenvalue weighted by Crippen LogP contribution is -2.46. The number of hydrogen-bond donors (Lipinski definition) is 1. The van der Waals surface area contributed by atoms with Gasteiger partial charge in [-0.1, -0.05) is 34.6 Å². The van der Waals surface area contributed by atoms with Crippen molar-refractivity contribution in [1.29, 1.82) is 0 Å². The summed E-state index contributed by atoms with van der Waals surface area (Å²) in [5.41, 5.74) is 0. The third-order valence-electron chi connectivity index (χ3n) is 5.01. The van der Waals surface area contributed by atoms with Gasteiger partial charge in [0.2, 0.25) is 0 Å². The summed E-state index contributed by atoms with van der Waals surface area (Å²) < 4.78 is 0. The van der Waals surface area contributed by atoms with Crippen LogP contribution in [0.5, 0.6) is 0 Å². The Bertz CT molecular complexity index is 221. The maximum Gasteiger partial charge on any atom is 0.0108 e. The first kappa shape index (κ1) is 17.0. The highest BCUT2D eigenvalue weighted by atomic mass is 15.1. The molecular weight excluding hydrogens is 232 g/mol. The molecule has 0 aromatic heterocycles. The fraction of sp³-hybridized carbons (Fsp3) is 1.00. The van der Waals surface area contributed by atoms with Crippen LogP contribution in [0.1, 0.15) is 60.3 Å². The molecule has 19 heavy (non-hydrogen) atoms. The molecule has 1 saturated carbocycles. The second kappa shape index (κ2) is 8.97. The molecule has 0 spiro atoms. The minimum absolute atomic E-state index is 0.760. The summed E-state index contributed by atoms with van der Waals surface area (Å²) in [6.07, 6.45) is 5.49. The monoisotopic (exact) mass is 268 g/mol. The lowest BCUT2D eigenvalue weighted by Gasteiger charge is -2.40. The van der Waals surface area contributed by atoms with Crippen LogP contribution >= 0.6 is 0 Å². The van der Waals surface area contributed by atoms with Crippen molar-refractivity contribution in [3.05, 3.63) is 0 Å². The minimum Gasteiger partial charge on any atom is -0.314 e. The summed E-state index contributed by atoms with van der Waals surface area (Å²) in [6, 6.07) is 0.760. The number of rotatable bonds is 8. The Morgan fingerprint density at radius 1 is 1.11 bits per heavy atom. The number of hydrogen-bond acceptors (Lipinski definition) is 2. The van der Waals surface area contributed by atoms with Crippen molar-refractivity contribution in [3.8, 4) is 0 Å². The van der Waals surface area contributed by atoms with E-state index in [2.05, 4.69) is 44.8 Å². The minimum atomic E-state index is 0.760. The van der Waals surface area contributed by atoms with Crippen molar-refractivity contribution < 1.29 is 0 Å². The predicted octanol–water partition coefficient (Wildman–Crippen LogP) is 3.77. The first-order valence-corrected chi connectivity index (χ1v) is 8.57. The second-order valence-electron chi connectivity index (χ2n) is 6.62. The molecule has 1 fully saturated rings. The molecule has 0 heterocycles. The van der Waals surface area contributed by atoms with Crippen LogP contribution in [-0.2, 0) is 0 Å². The van der Waals surface area contributed by atoms with Gasteiger partial charge in [0.25, 0.3) is 0 Å².